The van der Waals surface area contributed by atoms with Crippen LogP contribution in [0.5, 0.6) is 0 Å². The van der Waals surface area contributed by atoms with Crippen molar-refractivity contribution in [3.63, 3.8) is 0 Å². The summed E-state index contributed by atoms with van der Waals surface area (Å²) in [5, 5.41) is 9.26. The van der Waals surface area contributed by atoms with Crippen molar-refractivity contribution in [3.05, 3.63) is 0 Å². The molecule has 0 radical (unpaired) electrons. The molecule has 0 fully saturated rings. The van der Waals surface area contributed by atoms with E-state index in [1.807, 2.05) is 6.92 Å². The second-order valence-electron chi connectivity index (χ2n) is 5.40. The van der Waals surface area contributed by atoms with Crippen LogP contribution >= 0.6 is 0 Å². The van der Waals surface area contributed by atoms with Crippen molar-refractivity contribution in [3.8, 4) is 0 Å². The maximum absolute atomic E-state index is 9.26. The van der Waals surface area contributed by atoms with E-state index < -0.39 is 0 Å². The van der Waals surface area contributed by atoms with Crippen LogP contribution in [-0.4, -0.2) is 11.2 Å². The Labute approximate surface area is 89.9 Å². The van der Waals surface area contributed by atoms with Crippen LogP contribution in [-0.2, 0) is 0 Å². The third kappa shape index (κ3) is 7.37. The maximum Gasteiger partial charge on any atom is 0.0512 e. The summed E-state index contributed by atoms with van der Waals surface area (Å²) < 4.78 is 0. The molecule has 0 saturated heterocycles. The van der Waals surface area contributed by atoms with Gasteiger partial charge in [0, 0.05) is 0 Å². The largest absolute Gasteiger partial charge is 0.393 e. The van der Waals surface area contributed by atoms with E-state index in [-0.39, 0.29) is 6.10 Å². The summed E-state index contributed by atoms with van der Waals surface area (Å²) in [4.78, 5) is 0. The minimum atomic E-state index is -0.129. The molecule has 2 unspecified atom stereocenters. The van der Waals surface area contributed by atoms with Crippen molar-refractivity contribution in [1.82, 2.24) is 0 Å². The normalized spacial score (nSPS) is 16.3. The molecule has 0 aromatic rings. The molecule has 1 nitrogen and oxygen atoms in total. The average molecular weight is 200 g/mol. The molecule has 0 aliphatic rings. The molecule has 86 valence electrons. The number of aliphatic hydroxyl groups excluding tert-OH is 1. The van der Waals surface area contributed by atoms with E-state index in [9.17, 15) is 5.11 Å². The number of hydrogen-bond donors (Lipinski definition) is 1. The zero-order chi connectivity index (χ0) is 11.1. The topological polar surface area (TPSA) is 20.2 Å². The Morgan fingerprint density at radius 1 is 0.786 bits per heavy atom. The Morgan fingerprint density at radius 3 is 1.64 bits per heavy atom. The van der Waals surface area contributed by atoms with E-state index in [0.29, 0.717) is 0 Å². The fourth-order valence-corrected chi connectivity index (χ4v) is 1.81. The second kappa shape index (κ2) is 7.28. The summed E-state index contributed by atoms with van der Waals surface area (Å²) in [6, 6.07) is 0. The predicted octanol–water partition coefficient (Wildman–Crippen LogP) is 3.86. The molecule has 0 aromatic carbocycles. The minimum absolute atomic E-state index is 0.129. The van der Waals surface area contributed by atoms with Gasteiger partial charge in [-0.05, 0) is 43.9 Å². The first kappa shape index (κ1) is 14.0. The first-order valence-electron chi connectivity index (χ1n) is 6.11. The van der Waals surface area contributed by atoms with Gasteiger partial charge in [0.2, 0.25) is 0 Å². The molecule has 0 aromatic heterocycles. The molecule has 0 spiro atoms. The fraction of sp³-hybridized carbons (Fsp3) is 1.00. The molecule has 0 bridgehead atoms. The molecule has 0 aliphatic heterocycles. The van der Waals surface area contributed by atoms with Crippen molar-refractivity contribution in [2.24, 2.45) is 17.8 Å². The monoisotopic (exact) mass is 200 g/mol. The average Bonchev–Trinajstić information content (AvgIpc) is 2.02. The minimum Gasteiger partial charge on any atom is -0.393 e. The summed E-state index contributed by atoms with van der Waals surface area (Å²) >= 11 is 0. The molecule has 2 atom stereocenters. The van der Waals surface area contributed by atoms with Crippen LogP contribution in [0.1, 0.15) is 60.3 Å². The van der Waals surface area contributed by atoms with Crippen molar-refractivity contribution >= 4 is 0 Å². The van der Waals surface area contributed by atoms with Gasteiger partial charge in [-0.3, -0.25) is 0 Å². The van der Waals surface area contributed by atoms with Crippen LogP contribution in [0.25, 0.3) is 0 Å². The lowest BCUT2D eigenvalue weighted by molar-refractivity contribution is 0.163. The van der Waals surface area contributed by atoms with Gasteiger partial charge in [0.25, 0.3) is 0 Å². The SMILES string of the molecule is CC(C)CCC(CCC(C)O)C(C)C. The lowest BCUT2D eigenvalue weighted by Gasteiger charge is -2.22. The van der Waals surface area contributed by atoms with Crippen LogP contribution in [0.15, 0.2) is 0 Å². The van der Waals surface area contributed by atoms with Crippen LogP contribution < -0.4 is 0 Å². The lowest BCUT2D eigenvalue weighted by Crippen LogP contribution is -2.13. The van der Waals surface area contributed by atoms with Gasteiger partial charge >= 0.3 is 0 Å². The van der Waals surface area contributed by atoms with Gasteiger partial charge in [0.15, 0.2) is 0 Å². The highest BCUT2D eigenvalue weighted by Gasteiger charge is 2.14. The number of aliphatic hydroxyl groups is 1. The number of rotatable bonds is 7. The Morgan fingerprint density at radius 2 is 1.29 bits per heavy atom. The van der Waals surface area contributed by atoms with Gasteiger partial charge in [0.1, 0.15) is 0 Å². The molecule has 0 heterocycles. The van der Waals surface area contributed by atoms with Crippen LogP contribution in [0.2, 0.25) is 0 Å². The molecule has 0 aliphatic carbocycles. The summed E-state index contributed by atoms with van der Waals surface area (Å²) in [5.41, 5.74) is 0. The molecule has 1 N–H and O–H groups in total. The molecule has 14 heavy (non-hydrogen) atoms. The standard InChI is InChI=1S/C13H28O/c1-10(2)6-8-13(11(3)4)9-7-12(5)14/h10-14H,6-9H2,1-5H3. The summed E-state index contributed by atoms with van der Waals surface area (Å²) in [6.45, 7) is 11.1. The first-order chi connectivity index (χ1) is 6.43. The van der Waals surface area contributed by atoms with E-state index in [1.165, 1.54) is 19.3 Å². The third-order valence-corrected chi connectivity index (χ3v) is 3.01. The van der Waals surface area contributed by atoms with Gasteiger partial charge in [-0.25, -0.2) is 0 Å². The highest BCUT2D eigenvalue weighted by molar-refractivity contribution is 4.66. The smallest absolute Gasteiger partial charge is 0.0512 e. The van der Waals surface area contributed by atoms with E-state index >= 15 is 0 Å². The maximum atomic E-state index is 9.26. The van der Waals surface area contributed by atoms with Crippen LogP contribution in [0.4, 0.5) is 0 Å². The van der Waals surface area contributed by atoms with E-state index in [4.69, 9.17) is 0 Å². The van der Waals surface area contributed by atoms with Gasteiger partial charge in [-0.1, -0.05) is 34.1 Å². The Kier molecular flexibility index (Phi) is 7.26. The van der Waals surface area contributed by atoms with Crippen LogP contribution in [0.3, 0.4) is 0 Å². The zero-order valence-corrected chi connectivity index (χ0v) is 10.6. The van der Waals surface area contributed by atoms with E-state index in [1.54, 1.807) is 0 Å². The quantitative estimate of drug-likeness (QED) is 0.661. The summed E-state index contributed by atoms with van der Waals surface area (Å²) in [7, 11) is 0. The van der Waals surface area contributed by atoms with Crippen LogP contribution in [0, 0.1) is 17.8 Å². The zero-order valence-electron chi connectivity index (χ0n) is 10.6. The molecule has 0 amide bonds. The van der Waals surface area contributed by atoms with E-state index in [0.717, 1.165) is 24.2 Å². The molecular formula is C13H28O. The molecule has 1 heteroatoms. The lowest BCUT2D eigenvalue weighted by atomic mass is 9.85. The van der Waals surface area contributed by atoms with Crippen molar-refractivity contribution < 1.29 is 5.11 Å². The Bertz CT molecular complexity index is 115. The van der Waals surface area contributed by atoms with Gasteiger partial charge in [0.05, 0.1) is 6.10 Å². The Hall–Kier alpha value is -0.0400. The predicted molar refractivity (Wildman–Crippen MR) is 63.3 cm³/mol. The molecule has 0 saturated carbocycles. The summed E-state index contributed by atoms with van der Waals surface area (Å²) in [6.07, 6.45) is 4.66. The van der Waals surface area contributed by atoms with Crippen molar-refractivity contribution in [1.29, 1.82) is 0 Å². The highest BCUT2D eigenvalue weighted by atomic mass is 16.3. The molecular weight excluding hydrogens is 172 g/mol. The third-order valence-electron chi connectivity index (χ3n) is 3.01. The van der Waals surface area contributed by atoms with Gasteiger partial charge in [-0.2, -0.15) is 0 Å². The second-order valence-corrected chi connectivity index (χ2v) is 5.40. The molecule has 0 rings (SSSR count). The Balaban J connectivity index is 3.78. The van der Waals surface area contributed by atoms with Crippen molar-refractivity contribution in [2.75, 3.05) is 0 Å². The summed E-state index contributed by atoms with van der Waals surface area (Å²) in [5.74, 6) is 2.36. The van der Waals surface area contributed by atoms with Gasteiger partial charge < -0.3 is 5.11 Å². The number of hydrogen-bond acceptors (Lipinski definition) is 1. The highest BCUT2D eigenvalue weighted by Crippen LogP contribution is 2.25. The van der Waals surface area contributed by atoms with E-state index in [2.05, 4.69) is 27.7 Å². The fourth-order valence-electron chi connectivity index (χ4n) is 1.81. The van der Waals surface area contributed by atoms with Gasteiger partial charge in [-0.15, -0.1) is 0 Å². The first-order valence-corrected chi connectivity index (χ1v) is 6.11. The van der Waals surface area contributed by atoms with Crippen molar-refractivity contribution in [2.45, 2.75) is 66.4 Å².